The van der Waals surface area contributed by atoms with E-state index in [9.17, 15) is 14.4 Å². The summed E-state index contributed by atoms with van der Waals surface area (Å²) >= 11 is 15.0. The minimum Gasteiger partial charge on any atom is -0.344 e. The highest BCUT2D eigenvalue weighted by atomic mass is 35.5. The maximum atomic E-state index is 13.1. The van der Waals surface area contributed by atoms with Crippen LogP contribution in [0.5, 0.6) is 0 Å². The Hall–Kier alpha value is -2.24. The van der Waals surface area contributed by atoms with Gasteiger partial charge in [-0.15, -0.1) is 11.3 Å². The van der Waals surface area contributed by atoms with Gasteiger partial charge in [-0.2, -0.15) is 0 Å². The smallest absolute Gasteiger partial charge is 0.265 e. The predicted molar refractivity (Wildman–Crippen MR) is 138 cm³/mol. The van der Waals surface area contributed by atoms with Crippen LogP contribution in [0, 0.1) is 6.92 Å². The fourth-order valence-electron chi connectivity index (χ4n) is 3.64. The van der Waals surface area contributed by atoms with Gasteiger partial charge in [0, 0.05) is 55.4 Å². The number of benzene rings is 1. The van der Waals surface area contributed by atoms with Gasteiger partial charge < -0.3 is 15.1 Å². The minimum atomic E-state index is -0.207. The van der Waals surface area contributed by atoms with E-state index in [0.29, 0.717) is 56.8 Å². The summed E-state index contributed by atoms with van der Waals surface area (Å²) in [6.07, 6.45) is 0. The summed E-state index contributed by atoms with van der Waals surface area (Å²) in [5.41, 5.74) is 0.591. The molecule has 2 aromatic heterocycles. The molecular weight excluding hydrogens is 517 g/mol. The molecule has 3 aromatic rings. The van der Waals surface area contributed by atoms with Crippen molar-refractivity contribution in [1.82, 2.24) is 19.7 Å². The van der Waals surface area contributed by atoms with E-state index in [-0.39, 0.29) is 24.3 Å². The molecule has 0 aliphatic carbocycles. The summed E-state index contributed by atoms with van der Waals surface area (Å²) < 4.78 is 0.879. The van der Waals surface area contributed by atoms with E-state index >= 15 is 0 Å². The number of aryl methyl sites for hydroxylation is 1. The van der Waals surface area contributed by atoms with E-state index in [1.54, 1.807) is 32.0 Å². The molecule has 0 unspecified atom stereocenters. The topological polar surface area (TPSA) is 85.9 Å². The maximum absolute atomic E-state index is 13.1. The number of thiophene rings is 1. The Morgan fingerprint density at radius 1 is 1.09 bits per heavy atom. The number of fused-ring (bicyclic) bond motifs is 1. The molecule has 34 heavy (non-hydrogen) atoms. The SMILES string of the molecule is Cc1nc(NC(=O)CN2CCN(C(=O)c3sc4cc(Cl)ccc4c3Cl)CC2)sc1C(=O)N(C)C. The molecule has 8 nitrogen and oxygen atoms in total. The first-order chi connectivity index (χ1) is 16.1. The maximum Gasteiger partial charge on any atom is 0.265 e. The molecule has 1 aromatic carbocycles. The molecule has 3 heterocycles. The number of nitrogens with one attached hydrogen (secondary N) is 1. The lowest BCUT2D eigenvalue weighted by atomic mass is 10.2. The second-order valence-corrected chi connectivity index (χ2v) is 11.0. The van der Waals surface area contributed by atoms with Crippen molar-refractivity contribution in [3.8, 4) is 0 Å². The van der Waals surface area contributed by atoms with Crippen LogP contribution in [0.15, 0.2) is 18.2 Å². The zero-order chi connectivity index (χ0) is 24.6. The number of carbonyl (C=O) groups is 3. The Morgan fingerprint density at radius 2 is 1.79 bits per heavy atom. The molecule has 4 rings (SSSR count). The van der Waals surface area contributed by atoms with Gasteiger partial charge in [0.15, 0.2) is 5.13 Å². The molecule has 0 saturated carbocycles. The van der Waals surface area contributed by atoms with E-state index in [4.69, 9.17) is 23.2 Å². The summed E-state index contributed by atoms with van der Waals surface area (Å²) in [5, 5.41) is 5.06. The summed E-state index contributed by atoms with van der Waals surface area (Å²) in [4.78, 5) is 48.3. The van der Waals surface area contributed by atoms with Crippen LogP contribution in [0.1, 0.15) is 25.0 Å². The van der Waals surface area contributed by atoms with E-state index < -0.39 is 0 Å². The van der Waals surface area contributed by atoms with Crippen LogP contribution < -0.4 is 5.32 Å². The van der Waals surface area contributed by atoms with Crippen LogP contribution >= 0.6 is 45.9 Å². The largest absolute Gasteiger partial charge is 0.344 e. The summed E-state index contributed by atoms with van der Waals surface area (Å²) in [5.74, 6) is -0.456. The van der Waals surface area contributed by atoms with Crippen LogP contribution in [0.25, 0.3) is 10.1 Å². The number of hydrogen-bond donors (Lipinski definition) is 1. The fourth-order valence-corrected chi connectivity index (χ4v) is 6.40. The van der Waals surface area contributed by atoms with Gasteiger partial charge >= 0.3 is 0 Å². The quantitative estimate of drug-likeness (QED) is 0.528. The molecule has 0 atom stereocenters. The molecule has 1 N–H and O–H groups in total. The van der Waals surface area contributed by atoms with Crippen LogP contribution in [0.2, 0.25) is 10.0 Å². The summed E-state index contributed by atoms with van der Waals surface area (Å²) in [7, 11) is 3.35. The number of piperazine rings is 1. The molecule has 0 spiro atoms. The van der Waals surface area contributed by atoms with Crippen molar-refractivity contribution < 1.29 is 14.4 Å². The third-order valence-electron chi connectivity index (χ3n) is 5.46. The highest BCUT2D eigenvalue weighted by molar-refractivity contribution is 7.21. The van der Waals surface area contributed by atoms with E-state index in [1.165, 1.54) is 27.6 Å². The Balaban J connectivity index is 1.32. The number of halogens is 2. The first kappa shape index (κ1) is 24.9. The standard InChI is InChI=1S/C22H23Cl2N5O3S2/c1-12-18(20(31)27(2)3)34-22(25-12)26-16(30)11-28-6-8-29(9-7-28)21(32)19-17(24)14-5-4-13(23)10-15(14)33-19/h4-5,10H,6-9,11H2,1-3H3,(H,25,26,30). The second-order valence-electron chi connectivity index (χ2n) is 8.14. The number of thiazole rings is 1. The van der Waals surface area contributed by atoms with Crippen molar-refractivity contribution in [1.29, 1.82) is 0 Å². The van der Waals surface area contributed by atoms with Crippen molar-refractivity contribution in [2.75, 3.05) is 52.1 Å². The molecule has 1 fully saturated rings. The third-order valence-corrected chi connectivity index (χ3v) is 8.40. The lowest BCUT2D eigenvalue weighted by Crippen LogP contribution is -2.50. The molecule has 0 bridgehead atoms. The van der Waals surface area contributed by atoms with Gasteiger partial charge in [-0.25, -0.2) is 4.98 Å². The molecule has 3 amide bonds. The first-order valence-electron chi connectivity index (χ1n) is 10.5. The zero-order valence-electron chi connectivity index (χ0n) is 18.9. The summed E-state index contributed by atoms with van der Waals surface area (Å²) in [6, 6.07) is 5.39. The van der Waals surface area contributed by atoms with Gasteiger partial charge in [-0.1, -0.05) is 40.6 Å². The zero-order valence-corrected chi connectivity index (χ0v) is 22.0. The van der Waals surface area contributed by atoms with Crippen LogP contribution in [0.3, 0.4) is 0 Å². The lowest BCUT2D eigenvalue weighted by molar-refractivity contribution is -0.117. The second kappa shape index (κ2) is 10.2. The summed E-state index contributed by atoms with van der Waals surface area (Å²) in [6.45, 7) is 4.05. The highest BCUT2D eigenvalue weighted by Crippen LogP contribution is 2.37. The number of carbonyl (C=O) groups excluding carboxylic acids is 3. The number of aromatic nitrogens is 1. The Labute approximate surface area is 215 Å². The fraction of sp³-hybridized carbons (Fsp3) is 0.364. The third kappa shape index (κ3) is 5.21. The molecule has 12 heteroatoms. The predicted octanol–water partition coefficient (Wildman–Crippen LogP) is 4.07. The van der Waals surface area contributed by atoms with Crippen LogP contribution in [-0.4, -0.2) is 84.2 Å². The van der Waals surface area contributed by atoms with Crippen molar-refractivity contribution in [3.63, 3.8) is 0 Å². The number of rotatable bonds is 5. The van der Waals surface area contributed by atoms with Crippen LogP contribution in [0.4, 0.5) is 5.13 Å². The van der Waals surface area contributed by atoms with Crippen molar-refractivity contribution in [2.24, 2.45) is 0 Å². The number of anilines is 1. The average Bonchev–Trinajstić information content (AvgIpc) is 3.31. The first-order valence-corrected chi connectivity index (χ1v) is 12.9. The normalized spacial score (nSPS) is 14.4. The Bertz CT molecular complexity index is 1260. The van der Waals surface area contributed by atoms with E-state index in [1.807, 2.05) is 17.0 Å². The van der Waals surface area contributed by atoms with Gasteiger partial charge in [0.1, 0.15) is 9.75 Å². The number of amides is 3. The number of hydrogen-bond acceptors (Lipinski definition) is 7. The van der Waals surface area contributed by atoms with E-state index in [2.05, 4.69) is 10.3 Å². The Kier molecular flexibility index (Phi) is 7.44. The van der Waals surface area contributed by atoms with Gasteiger partial charge in [0.2, 0.25) is 5.91 Å². The number of nitrogens with zero attached hydrogens (tertiary/aromatic N) is 4. The molecule has 180 valence electrons. The van der Waals surface area contributed by atoms with Crippen molar-refractivity contribution >= 4 is 78.8 Å². The van der Waals surface area contributed by atoms with Gasteiger partial charge in [-0.3, -0.25) is 19.3 Å². The Morgan fingerprint density at radius 3 is 2.47 bits per heavy atom. The van der Waals surface area contributed by atoms with Crippen molar-refractivity contribution in [2.45, 2.75) is 6.92 Å². The molecule has 1 aliphatic heterocycles. The molecule has 1 saturated heterocycles. The monoisotopic (exact) mass is 539 g/mol. The van der Waals surface area contributed by atoms with Crippen LogP contribution in [-0.2, 0) is 4.79 Å². The molecule has 0 radical (unpaired) electrons. The van der Waals surface area contributed by atoms with Gasteiger partial charge in [-0.05, 0) is 19.1 Å². The minimum absolute atomic E-state index is 0.109. The molecule has 1 aliphatic rings. The van der Waals surface area contributed by atoms with Gasteiger partial charge in [0.25, 0.3) is 11.8 Å². The average molecular weight is 540 g/mol. The highest BCUT2D eigenvalue weighted by Gasteiger charge is 2.27. The van der Waals surface area contributed by atoms with Crippen molar-refractivity contribution in [3.05, 3.63) is 43.7 Å². The lowest BCUT2D eigenvalue weighted by Gasteiger charge is -2.34. The molecular formula is C22H23Cl2N5O3S2. The van der Waals surface area contributed by atoms with Gasteiger partial charge in [0.05, 0.1) is 17.3 Å². The van der Waals surface area contributed by atoms with E-state index in [0.717, 1.165) is 10.1 Å².